The van der Waals surface area contributed by atoms with Crippen molar-refractivity contribution in [2.24, 2.45) is 4.99 Å². The van der Waals surface area contributed by atoms with Gasteiger partial charge < -0.3 is 18.8 Å². The SMILES string of the molecule is CCOCCn1c(=NC(=O)c2c(OC)cccc2OC)sc2cc([N+](=O)[O-])ccc21. The topological polar surface area (TPSA) is 105 Å². The predicted octanol–water partition coefficient (Wildman–Crippen LogP) is 3.41. The van der Waals surface area contributed by atoms with Gasteiger partial charge in [0.1, 0.15) is 17.1 Å². The molecule has 0 fully saturated rings. The first kappa shape index (κ1) is 21.5. The van der Waals surface area contributed by atoms with Crippen LogP contribution < -0.4 is 14.3 Å². The van der Waals surface area contributed by atoms with Gasteiger partial charge in [0.25, 0.3) is 11.6 Å². The molecule has 3 rings (SSSR count). The quantitative estimate of drug-likeness (QED) is 0.307. The molecule has 0 atom stereocenters. The zero-order valence-electron chi connectivity index (χ0n) is 16.8. The fraction of sp³-hybridized carbons (Fsp3) is 0.300. The summed E-state index contributed by atoms with van der Waals surface area (Å²) in [6.07, 6.45) is 0. The summed E-state index contributed by atoms with van der Waals surface area (Å²) in [6, 6.07) is 9.59. The molecule has 0 saturated carbocycles. The van der Waals surface area contributed by atoms with Gasteiger partial charge in [0, 0.05) is 25.3 Å². The zero-order valence-corrected chi connectivity index (χ0v) is 17.6. The van der Waals surface area contributed by atoms with E-state index < -0.39 is 10.8 Å². The Morgan fingerprint density at radius 1 is 1.20 bits per heavy atom. The minimum Gasteiger partial charge on any atom is -0.496 e. The standard InChI is InChI=1S/C20H21N3O6S/c1-4-29-11-10-22-14-9-8-13(23(25)26)12-17(14)30-20(22)21-19(24)18-15(27-2)6-5-7-16(18)28-3/h5-9,12H,4,10-11H2,1-3H3. The Hall–Kier alpha value is -3.24. The van der Waals surface area contributed by atoms with Gasteiger partial charge in [0.2, 0.25) is 0 Å². The van der Waals surface area contributed by atoms with Crippen LogP contribution in [0.5, 0.6) is 11.5 Å². The molecule has 158 valence electrons. The molecule has 0 N–H and O–H groups in total. The second-order valence-electron chi connectivity index (χ2n) is 6.10. The molecular formula is C20H21N3O6S. The highest BCUT2D eigenvalue weighted by molar-refractivity contribution is 7.16. The molecule has 0 bridgehead atoms. The van der Waals surface area contributed by atoms with Crippen molar-refractivity contribution in [2.75, 3.05) is 27.4 Å². The van der Waals surface area contributed by atoms with Crippen molar-refractivity contribution in [1.82, 2.24) is 4.57 Å². The summed E-state index contributed by atoms with van der Waals surface area (Å²) in [4.78, 5) is 28.4. The molecule has 9 nitrogen and oxygen atoms in total. The molecular weight excluding hydrogens is 410 g/mol. The fourth-order valence-electron chi connectivity index (χ4n) is 2.98. The lowest BCUT2D eigenvalue weighted by atomic mass is 10.1. The third-order valence-corrected chi connectivity index (χ3v) is 5.42. The Labute approximate surface area is 176 Å². The number of amides is 1. The number of carbonyl (C=O) groups excluding carboxylic acids is 1. The molecule has 0 radical (unpaired) electrons. The van der Waals surface area contributed by atoms with E-state index in [4.69, 9.17) is 14.2 Å². The zero-order chi connectivity index (χ0) is 21.7. The van der Waals surface area contributed by atoms with E-state index in [0.29, 0.717) is 40.8 Å². The molecule has 0 aliphatic rings. The van der Waals surface area contributed by atoms with Crippen molar-refractivity contribution in [3.05, 3.63) is 56.9 Å². The third kappa shape index (κ3) is 4.34. The van der Waals surface area contributed by atoms with E-state index in [-0.39, 0.29) is 11.3 Å². The van der Waals surface area contributed by atoms with E-state index >= 15 is 0 Å². The van der Waals surface area contributed by atoms with Gasteiger partial charge in [-0.25, -0.2) is 0 Å². The van der Waals surface area contributed by atoms with Gasteiger partial charge in [-0.3, -0.25) is 14.9 Å². The maximum Gasteiger partial charge on any atom is 0.287 e. The van der Waals surface area contributed by atoms with Crippen molar-refractivity contribution in [3.63, 3.8) is 0 Å². The number of fused-ring (bicyclic) bond motifs is 1. The molecule has 0 unspecified atom stereocenters. The number of ether oxygens (including phenoxy) is 3. The van der Waals surface area contributed by atoms with Crippen molar-refractivity contribution in [3.8, 4) is 11.5 Å². The van der Waals surface area contributed by atoms with E-state index in [1.165, 1.54) is 37.7 Å². The maximum absolute atomic E-state index is 13.0. The summed E-state index contributed by atoms with van der Waals surface area (Å²) in [5.41, 5.74) is 0.927. The minimum atomic E-state index is -0.532. The first-order valence-electron chi connectivity index (χ1n) is 9.15. The van der Waals surface area contributed by atoms with Crippen LogP contribution in [0.2, 0.25) is 0 Å². The molecule has 1 amide bonds. The number of thiazole rings is 1. The Kier molecular flexibility index (Phi) is 6.80. The highest BCUT2D eigenvalue weighted by Gasteiger charge is 2.19. The molecule has 1 aromatic heterocycles. The highest BCUT2D eigenvalue weighted by atomic mass is 32.1. The summed E-state index contributed by atoms with van der Waals surface area (Å²) >= 11 is 1.20. The van der Waals surface area contributed by atoms with Crippen LogP contribution in [0.15, 0.2) is 41.4 Å². The van der Waals surface area contributed by atoms with E-state index in [1.807, 2.05) is 11.5 Å². The van der Waals surface area contributed by atoms with Crippen molar-refractivity contribution < 1.29 is 23.9 Å². The fourth-order valence-corrected chi connectivity index (χ4v) is 4.07. The number of aromatic nitrogens is 1. The molecule has 10 heteroatoms. The number of methoxy groups -OCH3 is 2. The van der Waals surface area contributed by atoms with Crippen LogP contribution in [-0.2, 0) is 11.3 Å². The molecule has 30 heavy (non-hydrogen) atoms. The summed E-state index contributed by atoms with van der Waals surface area (Å²) in [6.45, 7) is 3.31. The van der Waals surface area contributed by atoms with Gasteiger partial charge in [-0.2, -0.15) is 4.99 Å². The Morgan fingerprint density at radius 2 is 1.90 bits per heavy atom. The van der Waals surface area contributed by atoms with Crippen LogP contribution in [0.1, 0.15) is 17.3 Å². The lowest BCUT2D eigenvalue weighted by molar-refractivity contribution is -0.384. The summed E-state index contributed by atoms with van der Waals surface area (Å²) in [5, 5.41) is 11.1. The van der Waals surface area contributed by atoms with Crippen LogP contribution in [0, 0.1) is 10.1 Å². The molecule has 0 aliphatic heterocycles. The average Bonchev–Trinajstić information content (AvgIpc) is 3.09. The number of hydrogen-bond donors (Lipinski definition) is 0. The normalized spacial score (nSPS) is 11.6. The van der Waals surface area contributed by atoms with E-state index in [9.17, 15) is 14.9 Å². The van der Waals surface area contributed by atoms with Crippen molar-refractivity contribution in [1.29, 1.82) is 0 Å². The number of rotatable bonds is 8. The largest absolute Gasteiger partial charge is 0.496 e. The number of nitro benzene ring substituents is 1. The first-order chi connectivity index (χ1) is 14.5. The number of nitro groups is 1. The highest BCUT2D eigenvalue weighted by Crippen LogP contribution is 2.29. The van der Waals surface area contributed by atoms with E-state index in [1.54, 1.807) is 24.3 Å². The molecule has 1 heterocycles. The van der Waals surface area contributed by atoms with Crippen LogP contribution in [-0.4, -0.2) is 42.8 Å². The van der Waals surface area contributed by atoms with E-state index in [2.05, 4.69) is 4.99 Å². The molecule has 0 spiro atoms. The Bertz CT molecular complexity index is 1130. The second kappa shape index (κ2) is 9.51. The monoisotopic (exact) mass is 431 g/mol. The molecule has 2 aromatic carbocycles. The molecule has 0 aliphatic carbocycles. The summed E-state index contributed by atoms with van der Waals surface area (Å²) in [7, 11) is 2.93. The number of benzene rings is 2. The van der Waals surface area contributed by atoms with Crippen LogP contribution >= 0.6 is 11.3 Å². The van der Waals surface area contributed by atoms with Gasteiger partial charge in [-0.1, -0.05) is 17.4 Å². The van der Waals surface area contributed by atoms with Crippen LogP contribution in [0.4, 0.5) is 5.69 Å². The Balaban J connectivity index is 2.16. The lowest BCUT2D eigenvalue weighted by Gasteiger charge is -2.10. The predicted molar refractivity (Wildman–Crippen MR) is 112 cm³/mol. The van der Waals surface area contributed by atoms with Gasteiger partial charge in [-0.15, -0.1) is 0 Å². The summed E-state index contributed by atoms with van der Waals surface area (Å²) in [5.74, 6) is 0.164. The van der Waals surface area contributed by atoms with Gasteiger partial charge >= 0.3 is 0 Å². The third-order valence-electron chi connectivity index (χ3n) is 4.38. The lowest BCUT2D eigenvalue weighted by Crippen LogP contribution is -2.20. The number of nitrogens with zero attached hydrogens (tertiary/aromatic N) is 3. The smallest absolute Gasteiger partial charge is 0.287 e. The van der Waals surface area contributed by atoms with Crippen molar-refractivity contribution in [2.45, 2.75) is 13.5 Å². The Morgan fingerprint density at radius 3 is 2.50 bits per heavy atom. The van der Waals surface area contributed by atoms with Gasteiger partial charge in [0.15, 0.2) is 4.80 Å². The number of carbonyl (C=O) groups is 1. The first-order valence-corrected chi connectivity index (χ1v) is 9.97. The average molecular weight is 431 g/mol. The van der Waals surface area contributed by atoms with Crippen LogP contribution in [0.25, 0.3) is 10.2 Å². The van der Waals surface area contributed by atoms with Gasteiger partial charge in [0.05, 0.1) is 36.0 Å². The molecule has 0 saturated heterocycles. The summed E-state index contributed by atoms with van der Waals surface area (Å²) < 4.78 is 18.5. The number of non-ortho nitro benzene ring substituents is 1. The van der Waals surface area contributed by atoms with Crippen LogP contribution in [0.3, 0.4) is 0 Å². The maximum atomic E-state index is 13.0. The van der Waals surface area contributed by atoms with Gasteiger partial charge in [-0.05, 0) is 25.1 Å². The molecule has 3 aromatic rings. The van der Waals surface area contributed by atoms with Crippen molar-refractivity contribution >= 4 is 33.1 Å². The second-order valence-corrected chi connectivity index (χ2v) is 7.11. The minimum absolute atomic E-state index is 0.0232. The van der Waals surface area contributed by atoms with E-state index in [0.717, 1.165) is 5.52 Å². The number of hydrogen-bond acceptors (Lipinski definition) is 7.